The molecule has 4 N–H and O–H groups in total. The topological polar surface area (TPSA) is 149 Å². The van der Waals surface area contributed by atoms with Gasteiger partial charge in [-0.1, -0.05) is 17.3 Å². The fraction of sp³-hybridized carbons (Fsp3) is 0.231. The summed E-state index contributed by atoms with van der Waals surface area (Å²) in [5.74, 6) is 0.305. The predicted octanol–water partition coefficient (Wildman–Crippen LogP) is 2.70. The van der Waals surface area contributed by atoms with E-state index in [-0.39, 0.29) is 5.91 Å². The fourth-order valence-electron chi connectivity index (χ4n) is 4.71. The number of nitrogens with one attached hydrogen (secondary N) is 3. The van der Waals surface area contributed by atoms with Crippen LogP contribution in [0.4, 0.5) is 5.69 Å². The summed E-state index contributed by atoms with van der Waals surface area (Å²) in [6.45, 7) is 1.25. The second-order valence-corrected chi connectivity index (χ2v) is 8.96. The number of benzene rings is 1. The third-order valence-electron chi connectivity index (χ3n) is 6.60. The van der Waals surface area contributed by atoms with Gasteiger partial charge in [0.2, 0.25) is 0 Å². The molecule has 0 spiro atoms. The Morgan fingerprint density at radius 1 is 1.11 bits per heavy atom. The molecule has 186 valence electrons. The summed E-state index contributed by atoms with van der Waals surface area (Å²) in [5, 5.41) is 27.6. The second-order valence-electron chi connectivity index (χ2n) is 8.96. The summed E-state index contributed by atoms with van der Waals surface area (Å²) in [6, 6.07) is 14.0. The van der Waals surface area contributed by atoms with Crippen LogP contribution in [0.2, 0.25) is 0 Å². The molecule has 1 aromatic carbocycles. The highest BCUT2D eigenvalue weighted by molar-refractivity contribution is 6.01. The molecule has 1 amide bonds. The van der Waals surface area contributed by atoms with Gasteiger partial charge in [0.15, 0.2) is 5.82 Å². The van der Waals surface area contributed by atoms with Crippen LogP contribution in [0.5, 0.6) is 0 Å². The van der Waals surface area contributed by atoms with Crippen LogP contribution in [-0.2, 0) is 6.42 Å². The van der Waals surface area contributed by atoms with Gasteiger partial charge in [-0.2, -0.15) is 5.21 Å². The number of hydrogen-bond donors (Lipinski definition) is 4. The largest absolute Gasteiger partial charge is 0.374 e. The van der Waals surface area contributed by atoms with Crippen LogP contribution in [0.3, 0.4) is 0 Å². The molecule has 11 heteroatoms. The van der Waals surface area contributed by atoms with Gasteiger partial charge < -0.3 is 20.3 Å². The standard InChI is InChI=1S/C26H25N9O2/c36-24-2-1-11-35(24)19-5-3-16(4-6-19)17-12-18(15-27-14-17)20-7-9-28-25-21(20)13-22(30-25)26(37)29-10-8-23-31-33-34-32-23/h3-7,9,12-15,24,36H,1-2,8,10-11H2,(H,28,30)(H,29,37)(H,31,32,33,34). The monoisotopic (exact) mass is 495 g/mol. The number of carbonyl (C=O) groups is 1. The molecule has 1 saturated heterocycles. The highest BCUT2D eigenvalue weighted by Crippen LogP contribution is 2.32. The van der Waals surface area contributed by atoms with Crippen molar-refractivity contribution in [1.29, 1.82) is 0 Å². The Morgan fingerprint density at radius 3 is 2.76 bits per heavy atom. The number of carbonyl (C=O) groups excluding carboxylic acids is 1. The van der Waals surface area contributed by atoms with Crippen LogP contribution in [0, 0.1) is 0 Å². The van der Waals surface area contributed by atoms with E-state index >= 15 is 0 Å². The van der Waals surface area contributed by atoms with E-state index in [1.165, 1.54) is 0 Å². The number of aliphatic hydroxyl groups excluding tert-OH is 1. The Bertz CT molecular complexity index is 1530. The van der Waals surface area contributed by atoms with E-state index in [4.69, 9.17) is 0 Å². The van der Waals surface area contributed by atoms with E-state index in [9.17, 15) is 9.90 Å². The molecule has 5 heterocycles. The third-order valence-corrected chi connectivity index (χ3v) is 6.60. The Labute approximate surface area is 212 Å². The van der Waals surface area contributed by atoms with E-state index in [2.05, 4.69) is 59.1 Å². The zero-order valence-corrected chi connectivity index (χ0v) is 19.9. The number of H-pyrrole nitrogens is 2. The van der Waals surface area contributed by atoms with E-state index in [0.717, 1.165) is 52.7 Å². The van der Waals surface area contributed by atoms with Crippen LogP contribution in [0.1, 0.15) is 29.2 Å². The van der Waals surface area contributed by atoms with Gasteiger partial charge in [0.1, 0.15) is 17.6 Å². The maximum atomic E-state index is 12.7. The van der Waals surface area contributed by atoms with Gasteiger partial charge in [-0.25, -0.2) is 4.98 Å². The lowest BCUT2D eigenvalue weighted by molar-refractivity contribution is 0.0949. The van der Waals surface area contributed by atoms with E-state index < -0.39 is 6.23 Å². The third kappa shape index (κ3) is 4.64. The number of pyridine rings is 2. The zero-order chi connectivity index (χ0) is 25.2. The van der Waals surface area contributed by atoms with E-state index in [1.54, 1.807) is 6.20 Å². The first-order chi connectivity index (χ1) is 18.2. The number of aromatic nitrogens is 7. The van der Waals surface area contributed by atoms with E-state index in [0.29, 0.717) is 30.1 Å². The summed E-state index contributed by atoms with van der Waals surface area (Å²) in [4.78, 5) is 26.7. The molecular weight excluding hydrogens is 470 g/mol. The smallest absolute Gasteiger partial charge is 0.267 e. The minimum absolute atomic E-state index is 0.234. The number of aliphatic hydroxyl groups is 1. The molecule has 5 aromatic rings. The van der Waals surface area contributed by atoms with Crippen molar-refractivity contribution >= 4 is 22.6 Å². The molecule has 11 nitrogen and oxygen atoms in total. The highest BCUT2D eigenvalue weighted by Gasteiger charge is 2.22. The minimum atomic E-state index is -0.413. The molecule has 1 unspecified atom stereocenters. The normalized spacial score (nSPS) is 15.4. The summed E-state index contributed by atoms with van der Waals surface area (Å²) in [6.07, 6.45) is 7.23. The molecule has 0 bridgehead atoms. The minimum Gasteiger partial charge on any atom is -0.374 e. The molecule has 4 aromatic heterocycles. The number of rotatable bonds is 7. The van der Waals surface area contributed by atoms with Crippen LogP contribution in [0.15, 0.2) is 61.1 Å². The molecule has 1 aliphatic heterocycles. The van der Waals surface area contributed by atoms with Crippen LogP contribution < -0.4 is 10.2 Å². The Morgan fingerprint density at radius 2 is 1.97 bits per heavy atom. The van der Waals surface area contributed by atoms with E-state index in [1.807, 2.05) is 41.6 Å². The second kappa shape index (κ2) is 9.78. The Hall–Kier alpha value is -4.64. The lowest BCUT2D eigenvalue weighted by Crippen LogP contribution is -2.28. The fourth-order valence-corrected chi connectivity index (χ4v) is 4.71. The van der Waals surface area contributed by atoms with Crippen molar-refractivity contribution in [2.45, 2.75) is 25.5 Å². The number of nitrogens with zero attached hydrogens (tertiary/aromatic N) is 6. The van der Waals surface area contributed by atoms with Crippen molar-refractivity contribution in [3.63, 3.8) is 0 Å². The molecule has 1 atom stereocenters. The molecule has 0 aliphatic carbocycles. The maximum Gasteiger partial charge on any atom is 0.267 e. The molecule has 1 fully saturated rings. The SMILES string of the molecule is O=C(NCCc1nn[nH]n1)c1cc2c(-c3cncc(-c4ccc(N5CCCC5O)cc4)c3)ccnc2[nH]1. The quantitative estimate of drug-likeness (QED) is 0.269. The predicted molar refractivity (Wildman–Crippen MR) is 138 cm³/mol. The van der Waals surface area contributed by atoms with Gasteiger partial charge in [-0.3, -0.25) is 9.78 Å². The Kier molecular flexibility index (Phi) is 6.03. The van der Waals surface area contributed by atoms with Crippen LogP contribution >= 0.6 is 0 Å². The maximum absolute atomic E-state index is 12.7. The number of tetrazole rings is 1. The number of hydrogen-bond acceptors (Lipinski definition) is 8. The average molecular weight is 496 g/mol. The van der Waals surface area contributed by atoms with Crippen molar-refractivity contribution in [2.75, 3.05) is 18.0 Å². The van der Waals surface area contributed by atoms with Gasteiger partial charge in [-0.05, 0) is 54.3 Å². The van der Waals surface area contributed by atoms with Gasteiger partial charge in [-0.15, -0.1) is 10.2 Å². The molecule has 1 aliphatic rings. The molecule has 37 heavy (non-hydrogen) atoms. The summed E-state index contributed by atoms with van der Waals surface area (Å²) < 4.78 is 0. The number of amides is 1. The van der Waals surface area contributed by atoms with Crippen molar-refractivity contribution < 1.29 is 9.90 Å². The molecule has 6 rings (SSSR count). The molecule has 0 radical (unpaired) electrons. The van der Waals surface area contributed by atoms with Gasteiger partial charge in [0, 0.05) is 60.3 Å². The summed E-state index contributed by atoms with van der Waals surface area (Å²) in [7, 11) is 0. The number of fused-ring (bicyclic) bond motifs is 1. The van der Waals surface area contributed by atoms with Crippen molar-refractivity contribution in [3.05, 3.63) is 72.6 Å². The molecular formula is C26H25N9O2. The van der Waals surface area contributed by atoms with Crippen molar-refractivity contribution in [3.8, 4) is 22.3 Å². The van der Waals surface area contributed by atoms with Crippen molar-refractivity contribution in [1.82, 2.24) is 40.9 Å². The van der Waals surface area contributed by atoms with Crippen LogP contribution in [0.25, 0.3) is 33.3 Å². The Balaban J connectivity index is 1.23. The first-order valence-corrected chi connectivity index (χ1v) is 12.1. The van der Waals surface area contributed by atoms with Crippen molar-refractivity contribution in [2.24, 2.45) is 0 Å². The summed E-state index contributed by atoms with van der Waals surface area (Å²) in [5.41, 5.74) is 5.93. The first-order valence-electron chi connectivity index (χ1n) is 12.1. The average Bonchev–Trinajstić information content (AvgIpc) is 3.70. The number of anilines is 1. The first kappa shape index (κ1) is 22.8. The van der Waals surface area contributed by atoms with Gasteiger partial charge in [0.25, 0.3) is 5.91 Å². The number of aromatic amines is 2. The zero-order valence-electron chi connectivity index (χ0n) is 19.9. The van der Waals surface area contributed by atoms with Gasteiger partial charge in [0.05, 0.1) is 0 Å². The van der Waals surface area contributed by atoms with Gasteiger partial charge >= 0.3 is 0 Å². The lowest BCUT2D eigenvalue weighted by atomic mass is 10.0. The lowest BCUT2D eigenvalue weighted by Gasteiger charge is -2.22. The molecule has 0 saturated carbocycles. The highest BCUT2D eigenvalue weighted by atomic mass is 16.3. The summed E-state index contributed by atoms with van der Waals surface area (Å²) >= 11 is 0. The van der Waals surface area contributed by atoms with Crippen LogP contribution in [-0.4, -0.2) is 65.9 Å².